The molecule has 0 bridgehead atoms. The second kappa shape index (κ2) is 9.57. The van der Waals surface area contributed by atoms with Crippen molar-refractivity contribution in [3.05, 3.63) is 84.7 Å². The molecular weight excluding hydrogens is 404 g/mol. The maximum absolute atomic E-state index is 13.1. The Morgan fingerprint density at radius 2 is 1.62 bits per heavy atom. The largest absolute Gasteiger partial charge is 0.355 e. The molecule has 0 saturated heterocycles. The van der Waals surface area contributed by atoms with Gasteiger partial charge in [0.25, 0.3) is 5.91 Å². The maximum atomic E-state index is 13.1. The van der Waals surface area contributed by atoms with Gasteiger partial charge in [0.1, 0.15) is 5.82 Å². The Kier molecular flexibility index (Phi) is 6.22. The average molecular weight is 426 g/mol. The van der Waals surface area contributed by atoms with E-state index in [0.717, 1.165) is 16.6 Å². The fraction of sp³-hybridized carbons (Fsp3) is 0.0833. The molecule has 0 unspecified atom stereocenters. The molecule has 8 nitrogen and oxygen atoms in total. The molecular formula is C24H22N6O2. The van der Waals surface area contributed by atoms with Gasteiger partial charge in [-0.05, 0) is 31.2 Å². The van der Waals surface area contributed by atoms with Crippen LogP contribution < -0.4 is 21.3 Å². The molecule has 32 heavy (non-hydrogen) atoms. The Morgan fingerprint density at radius 3 is 2.44 bits per heavy atom. The lowest BCUT2D eigenvalue weighted by Gasteiger charge is -2.14. The van der Waals surface area contributed by atoms with Crippen molar-refractivity contribution < 1.29 is 9.59 Å². The zero-order valence-corrected chi connectivity index (χ0v) is 17.4. The van der Waals surface area contributed by atoms with Crippen molar-refractivity contribution in [3.8, 4) is 0 Å². The smallest absolute Gasteiger partial charge is 0.320 e. The van der Waals surface area contributed by atoms with Crippen LogP contribution >= 0.6 is 0 Å². The first-order valence-electron chi connectivity index (χ1n) is 10.2. The first-order chi connectivity index (χ1) is 15.6. The summed E-state index contributed by atoms with van der Waals surface area (Å²) in [6.07, 6.45) is 3.04. The number of fused-ring (bicyclic) bond motifs is 1. The van der Waals surface area contributed by atoms with Crippen molar-refractivity contribution in [2.75, 3.05) is 22.5 Å². The molecule has 0 atom stereocenters. The van der Waals surface area contributed by atoms with Crippen molar-refractivity contribution in [1.29, 1.82) is 0 Å². The Hall–Kier alpha value is -4.46. The molecule has 4 aromatic rings. The highest BCUT2D eigenvalue weighted by molar-refractivity contribution is 6.09. The zero-order valence-electron chi connectivity index (χ0n) is 17.4. The van der Waals surface area contributed by atoms with Crippen molar-refractivity contribution in [1.82, 2.24) is 15.3 Å². The summed E-state index contributed by atoms with van der Waals surface area (Å²) >= 11 is 0. The number of benzene rings is 2. The van der Waals surface area contributed by atoms with E-state index in [1.165, 1.54) is 6.20 Å². The lowest BCUT2D eigenvalue weighted by molar-refractivity contribution is 0.102. The Balaban J connectivity index is 1.62. The van der Waals surface area contributed by atoms with Crippen LogP contribution in [0.1, 0.15) is 17.3 Å². The molecule has 2 heterocycles. The summed E-state index contributed by atoms with van der Waals surface area (Å²) in [5.41, 5.74) is 3.04. The molecule has 0 spiro atoms. The first-order valence-corrected chi connectivity index (χ1v) is 10.2. The molecule has 8 heteroatoms. The molecule has 0 saturated carbocycles. The second-order valence-corrected chi connectivity index (χ2v) is 6.96. The van der Waals surface area contributed by atoms with Crippen LogP contribution in [0.25, 0.3) is 10.9 Å². The molecule has 2 aromatic heterocycles. The molecule has 0 aliphatic carbocycles. The zero-order chi connectivity index (χ0) is 22.3. The standard InChI is InChI=1S/C24H22N6O2/c1-2-25-24(32)30-22-13-21(28-17-9-4-3-5-10-17)19(15-27-22)23(31)29-18-12-16-8-6-7-11-20(16)26-14-18/h3-15H,2H2,1H3,(H,29,31)(H3,25,27,28,30,32). The van der Waals surface area contributed by atoms with Gasteiger partial charge in [-0.25, -0.2) is 9.78 Å². The normalized spacial score (nSPS) is 10.4. The number of aromatic nitrogens is 2. The maximum Gasteiger partial charge on any atom is 0.320 e. The third kappa shape index (κ3) is 4.99. The van der Waals surface area contributed by atoms with E-state index in [2.05, 4.69) is 31.2 Å². The van der Waals surface area contributed by atoms with Gasteiger partial charge in [0, 0.05) is 29.9 Å². The summed E-state index contributed by atoms with van der Waals surface area (Å²) in [7, 11) is 0. The van der Waals surface area contributed by atoms with Crippen LogP contribution in [0.4, 0.5) is 27.7 Å². The van der Waals surface area contributed by atoms with Gasteiger partial charge < -0.3 is 16.0 Å². The summed E-state index contributed by atoms with van der Waals surface area (Å²) in [5.74, 6) is -0.0316. The van der Waals surface area contributed by atoms with Crippen LogP contribution in [0, 0.1) is 0 Å². The Labute approximate surface area is 185 Å². The number of carbonyl (C=O) groups is 2. The molecule has 160 valence electrons. The van der Waals surface area contributed by atoms with E-state index >= 15 is 0 Å². The number of rotatable bonds is 6. The van der Waals surface area contributed by atoms with E-state index in [0.29, 0.717) is 29.3 Å². The molecule has 4 N–H and O–H groups in total. The molecule has 2 aromatic carbocycles. The van der Waals surface area contributed by atoms with E-state index in [1.807, 2.05) is 67.6 Å². The number of hydrogen-bond donors (Lipinski definition) is 4. The number of amides is 3. The van der Waals surface area contributed by atoms with Crippen LogP contribution in [-0.2, 0) is 0 Å². The number of nitrogens with one attached hydrogen (secondary N) is 4. The predicted molar refractivity (Wildman–Crippen MR) is 126 cm³/mol. The monoisotopic (exact) mass is 426 g/mol. The summed E-state index contributed by atoms with van der Waals surface area (Å²) in [4.78, 5) is 33.6. The van der Waals surface area contributed by atoms with Crippen LogP contribution in [-0.4, -0.2) is 28.5 Å². The minimum Gasteiger partial charge on any atom is -0.355 e. The summed E-state index contributed by atoms with van der Waals surface area (Å²) in [6, 6.07) is 20.2. The van der Waals surface area contributed by atoms with Gasteiger partial charge in [-0.2, -0.15) is 0 Å². The van der Waals surface area contributed by atoms with Gasteiger partial charge in [-0.1, -0.05) is 36.4 Å². The average Bonchev–Trinajstić information content (AvgIpc) is 2.80. The molecule has 0 fully saturated rings. The molecule has 0 radical (unpaired) electrons. The first kappa shape index (κ1) is 20.8. The van der Waals surface area contributed by atoms with E-state index in [1.54, 1.807) is 12.3 Å². The molecule has 4 rings (SSSR count). The second-order valence-electron chi connectivity index (χ2n) is 6.96. The number of para-hydroxylation sites is 2. The number of pyridine rings is 2. The Bertz CT molecular complexity index is 1260. The number of nitrogens with zero attached hydrogens (tertiary/aromatic N) is 2. The highest BCUT2D eigenvalue weighted by Crippen LogP contribution is 2.25. The fourth-order valence-electron chi connectivity index (χ4n) is 3.14. The van der Waals surface area contributed by atoms with Gasteiger partial charge in [-0.3, -0.25) is 15.1 Å². The van der Waals surface area contributed by atoms with Crippen molar-refractivity contribution >= 4 is 45.7 Å². The number of carbonyl (C=O) groups excluding carboxylic acids is 2. The number of anilines is 4. The van der Waals surface area contributed by atoms with Crippen molar-refractivity contribution in [3.63, 3.8) is 0 Å². The van der Waals surface area contributed by atoms with Gasteiger partial charge in [0.15, 0.2) is 0 Å². The van der Waals surface area contributed by atoms with Crippen molar-refractivity contribution in [2.45, 2.75) is 6.92 Å². The topological polar surface area (TPSA) is 108 Å². The van der Waals surface area contributed by atoms with E-state index < -0.39 is 0 Å². The third-order valence-corrected chi connectivity index (χ3v) is 4.63. The fourth-order valence-corrected chi connectivity index (χ4v) is 3.14. The lowest BCUT2D eigenvalue weighted by atomic mass is 10.1. The Morgan fingerprint density at radius 1 is 0.844 bits per heavy atom. The summed E-state index contributed by atoms with van der Waals surface area (Å²) in [6.45, 7) is 2.31. The van der Waals surface area contributed by atoms with E-state index in [4.69, 9.17) is 0 Å². The lowest BCUT2D eigenvalue weighted by Crippen LogP contribution is -2.28. The van der Waals surface area contributed by atoms with Gasteiger partial charge in [0.2, 0.25) is 0 Å². The van der Waals surface area contributed by atoms with Crippen molar-refractivity contribution in [2.24, 2.45) is 0 Å². The third-order valence-electron chi connectivity index (χ3n) is 4.63. The highest BCUT2D eigenvalue weighted by atomic mass is 16.2. The number of hydrogen-bond acceptors (Lipinski definition) is 5. The predicted octanol–water partition coefficient (Wildman–Crippen LogP) is 4.77. The minimum absolute atomic E-state index is 0.318. The van der Waals surface area contributed by atoms with Crippen LogP contribution in [0.2, 0.25) is 0 Å². The quantitative estimate of drug-likeness (QED) is 0.355. The molecule has 0 aliphatic heterocycles. The van der Waals surface area contributed by atoms with Gasteiger partial charge in [-0.15, -0.1) is 0 Å². The molecule has 3 amide bonds. The van der Waals surface area contributed by atoms with E-state index in [9.17, 15) is 9.59 Å². The summed E-state index contributed by atoms with van der Waals surface area (Å²) < 4.78 is 0. The molecule has 0 aliphatic rings. The van der Waals surface area contributed by atoms with Crippen LogP contribution in [0.5, 0.6) is 0 Å². The highest BCUT2D eigenvalue weighted by Gasteiger charge is 2.15. The minimum atomic E-state index is -0.370. The SMILES string of the molecule is CCNC(=O)Nc1cc(Nc2ccccc2)c(C(=O)Nc2cnc3ccccc3c2)cn1. The van der Waals surface area contributed by atoms with E-state index in [-0.39, 0.29) is 11.9 Å². The van der Waals surface area contributed by atoms with Gasteiger partial charge in [0.05, 0.1) is 28.7 Å². The van der Waals surface area contributed by atoms with Crippen LogP contribution in [0.15, 0.2) is 79.1 Å². The summed E-state index contributed by atoms with van der Waals surface area (Å²) in [5, 5.41) is 12.3. The van der Waals surface area contributed by atoms with Crippen LogP contribution in [0.3, 0.4) is 0 Å². The number of urea groups is 1. The van der Waals surface area contributed by atoms with Gasteiger partial charge >= 0.3 is 6.03 Å².